The number of hydrogen-bond acceptors (Lipinski definition) is 2. The van der Waals surface area contributed by atoms with E-state index in [1.165, 1.54) is 0 Å². The minimum absolute atomic E-state index is 0.278. The zero-order valence-electron chi connectivity index (χ0n) is 6.34. The maximum atomic E-state index is 10.8. The summed E-state index contributed by atoms with van der Waals surface area (Å²) >= 11 is 0. The van der Waals surface area contributed by atoms with Gasteiger partial charge in [0, 0.05) is 19.5 Å². The van der Waals surface area contributed by atoms with Gasteiger partial charge in [0.1, 0.15) is 0 Å². The molecule has 0 aromatic carbocycles. The second kappa shape index (κ2) is 3.01. The molecule has 1 aliphatic rings. The summed E-state index contributed by atoms with van der Waals surface area (Å²) in [6.45, 7) is 4.51. The van der Waals surface area contributed by atoms with Crippen LogP contribution in [0.2, 0.25) is 0 Å². The molecule has 1 rings (SSSR count). The van der Waals surface area contributed by atoms with Crippen molar-refractivity contribution in [2.45, 2.75) is 13.3 Å². The van der Waals surface area contributed by atoms with Gasteiger partial charge >= 0.3 is 0 Å². The molecule has 58 valence electrons. The molecular weight excluding hydrogens is 128 g/mol. The van der Waals surface area contributed by atoms with Crippen molar-refractivity contribution >= 4 is 5.91 Å². The van der Waals surface area contributed by atoms with E-state index < -0.39 is 0 Å². The Balaban J connectivity index is 2.19. The minimum atomic E-state index is 0.278. The van der Waals surface area contributed by atoms with Crippen molar-refractivity contribution in [2.24, 2.45) is 11.7 Å². The third kappa shape index (κ3) is 1.48. The molecule has 3 nitrogen and oxygen atoms in total. The van der Waals surface area contributed by atoms with Crippen molar-refractivity contribution in [3.63, 3.8) is 0 Å². The normalized spacial score (nSPS) is 20.6. The monoisotopic (exact) mass is 142 g/mol. The zero-order valence-corrected chi connectivity index (χ0v) is 6.34. The van der Waals surface area contributed by atoms with Gasteiger partial charge in [0.2, 0.25) is 5.91 Å². The molecule has 0 unspecified atom stereocenters. The van der Waals surface area contributed by atoms with Crippen molar-refractivity contribution in [1.29, 1.82) is 0 Å². The molecule has 3 heteroatoms. The quantitative estimate of drug-likeness (QED) is 0.555. The van der Waals surface area contributed by atoms with E-state index in [0.717, 1.165) is 19.5 Å². The van der Waals surface area contributed by atoms with E-state index in [2.05, 4.69) is 6.92 Å². The first-order chi connectivity index (χ1) is 4.74. The second-order valence-electron chi connectivity index (χ2n) is 2.93. The Labute approximate surface area is 61.2 Å². The van der Waals surface area contributed by atoms with Crippen LogP contribution in [0.1, 0.15) is 13.3 Å². The van der Waals surface area contributed by atoms with Crippen LogP contribution in [0, 0.1) is 5.92 Å². The van der Waals surface area contributed by atoms with Crippen LogP contribution in [-0.4, -0.2) is 30.4 Å². The first kappa shape index (κ1) is 7.54. The second-order valence-corrected chi connectivity index (χ2v) is 2.93. The van der Waals surface area contributed by atoms with Gasteiger partial charge in [-0.2, -0.15) is 0 Å². The minimum Gasteiger partial charge on any atom is -0.342 e. The van der Waals surface area contributed by atoms with Gasteiger partial charge in [-0.15, -0.1) is 0 Å². The van der Waals surface area contributed by atoms with Crippen molar-refractivity contribution in [2.75, 3.05) is 19.6 Å². The lowest BCUT2D eigenvalue weighted by atomic mass is 10.1. The van der Waals surface area contributed by atoms with Crippen LogP contribution in [-0.2, 0) is 4.79 Å². The van der Waals surface area contributed by atoms with Gasteiger partial charge in [0.15, 0.2) is 0 Å². The summed E-state index contributed by atoms with van der Waals surface area (Å²) in [4.78, 5) is 12.6. The van der Waals surface area contributed by atoms with Crippen LogP contribution in [0.5, 0.6) is 0 Å². The summed E-state index contributed by atoms with van der Waals surface area (Å²) in [5.74, 6) is 0.726. The number of β-lactam (4-membered cyclic amide) rings is 1. The summed E-state index contributed by atoms with van der Waals surface area (Å²) in [6, 6.07) is 0. The fraction of sp³-hybridized carbons (Fsp3) is 0.857. The number of rotatable bonds is 3. The standard InChI is InChI=1S/C7H14N2O/c1-6(4-8)5-9-3-2-7(9)10/h6H,2-5,8H2,1H3/t6-/m0/s1. The van der Waals surface area contributed by atoms with Crippen LogP contribution in [0.25, 0.3) is 0 Å². The maximum absolute atomic E-state index is 10.8. The Morgan fingerprint density at radius 3 is 2.80 bits per heavy atom. The Morgan fingerprint density at radius 1 is 1.80 bits per heavy atom. The topological polar surface area (TPSA) is 46.3 Å². The molecule has 1 fully saturated rings. The van der Waals surface area contributed by atoms with Crippen LogP contribution >= 0.6 is 0 Å². The molecule has 1 atom stereocenters. The number of hydrogen-bond donors (Lipinski definition) is 1. The molecular formula is C7H14N2O. The number of nitrogens with zero attached hydrogens (tertiary/aromatic N) is 1. The van der Waals surface area contributed by atoms with E-state index in [1.54, 1.807) is 0 Å². The zero-order chi connectivity index (χ0) is 7.56. The summed E-state index contributed by atoms with van der Waals surface area (Å²) in [5.41, 5.74) is 5.41. The molecule has 0 spiro atoms. The number of carbonyl (C=O) groups is 1. The summed E-state index contributed by atoms with van der Waals surface area (Å²) in [7, 11) is 0. The summed E-state index contributed by atoms with van der Waals surface area (Å²) in [5, 5.41) is 0. The fourth-order valence-corrected chi connectivity index (χ4v) is 1.01. The number of likely N-dealkylation sites (tertiary alicyclic amines) is 1. The van der Waals surface area contributed by atoms with E-state index in [0.29, 0.717) is 12.5 Å². The van der Waals surface area contributed by atoms with Gasteiger partial charge < -0.3 is 10.6 Å². The highest BCUT2D eigenvalue weighted by atomic mass is 16.2. The fourth-order valence-electron chi connectivity index (χ4n) is 1.01. The Morgan fingerprint density at radius 2 is 2.50 bits per heavy atom. The van der Waals surface area contributed by atoms with Gasteiger partial charge in [-0.25, -0.2) is 0 Å². The van der Waals surface area contributed by atoms with Crippen molar-refractivity contribution < 1.29 is 4.79 Å². The highest BCUT2D eigenvalue weighted by Gasteiger charge is 2.24. The van der Waals surface area contributed by atoms with Crippen molar-refractivity contribution in [3.05, 3.63) is 0 Å². The lowest BCUT2D eigenvalue weighted by Gasteiger charge is -2.32. The number of amides is 1. The van der Waals surface area contributed by atoms with E-state index in [1.807, 2.05) is 4.90 Å². The molecule has 1 amide bonds. The molecule has 2 N–H and O–H groups in total. The predicted molar refractivity (Wildman–Crippen MR) is 39.4 cm³/mol. The average Bonchev–Trinajstić information content (AvgIpc) is 1.96. The lowest BCUT2D eigenvalue weighted by Crippen LogP contribution is -2.46. The highest BCUT2D eigenvalue weighted by molar-refractivity contribution is 5.81. The van der Waals surface area contributed by atoms with Crippen LogP contribution in [0.4, 0.5) is 0 Å². The van der Waals surface area contributed by atoms with Gasteiger partial charge in [0.05, 0.1) is 0 Å². The molecule has 1 aliphatic heterocycles. The molecule has 0 aromatic heterocycles. The first-order valence-electron chi connectivity index (χ1n) is 3.72. The maximum Gasteiger partial charge on any atom is 0.224 e. The summed E-state index contributed by atoms with van der Waals surface area (Å²) < 4.78 is 0. The van der Waals surface area contributed by atoms with Gasteiger partial charge in [0.25, 0.3) is 0 Å². The van der Waals surface area contributed by atoms with Crippen LogP contribution in [0.15, 0.2) is 0 Å². The predicted octanol–water partition coefficient (Wildman–Crippen LogP) is -0.186. The molecule has 0 aliphatic carbocycles. The van der Waals surface area contributed by atoms with Crippen molar-refractivity contribution in [1.82, 2.24) is 4.90 Å². The Bertz CT molecular complexity index is 136. The molecule has 10 heavy (non-hydrogen) atoms. The van der Waals surface area contributed by atoms with Gasteiger partial charge in [-0.1, -0.05) is 6.92 Å². The SMILES string of the molecule is C[C@@H](CN)CN1CCC1=O. The van der Waals surface area contributed by atoms with E-state index in [-0.39, 0.29) is 5.91 Å². The van der Waals surface area contributed by atoms with Crippen LogP contribution in [0.3, 0.4) is 0 Å². The molecule has 1 heterocycles. The van der Waals surface area contributed by atoms with Gasteiger partial charge in [-0.05, 0) is 12.5 Å². The number of nitrogens with two attached hydrogens (primary N) is 1. The average molecular weight is 142 g/mol. The van der Waals surface area contributed by atoms with Crippen LogP contribution < -0.4 is 5.73 Å². The smallest absolute Gasteiger partial charge is 0.224 e. The molecule has 1 saturated heterocycles. The highest BCUT2D eigenvalue weighted by Crippen LogP contribution is 2.10. The summed E-state index contributed by atoms with van der Waals surface area (Å²) in [6.07, 6.45) is 0.733. The van der Waals surface area contributed by atoms with Crippen molar-refractivity contribution in [3.8, 4) is 0 Å². The van der Waals surface area contributed by atoms with E-state index in [4.69, 9.17) is 5.73 Å². The van der Waals surface area contributed by atoms with Gasteiger partial charge in [-0.3, -0.25) is 4.79 Å². The lowest BCUT2D eigenvalue weighted by molar-refractivity contribution is -0.140. The Kier molecular flexibility index (Phi) is 2.27. The molecule has 0 radical (unpaired) electrons. The number of carbonyl (C=O) groups excluding carboxylic acids is 1. The third-order valence-electron chi connectivity index (χ3n) is 1.88. The third-order valence-corrected chi connectivity index (χ3v) is 1.88. The first-order valence-corrected chi connectivity index (χ1v) is 3.72. The molecule has 0 bridgehead atoms. The van der Waals surface area contributed by atoms with E-state index >= 15 is 0 Å². The van der Waals surface area contributed by atoms with E-state index in [9.17, 15) is 4.79 Å². The molecule has 0 saturated carbocycles. The largest absolute Gasteiger partial charge is 0.342 e. The molecule has 0 aromatic rings. The Hall–Kier alpha value is -0.570.